The highest BCUT2D eigenvalue weighted by molar-refractivity contribution is 5.91. The molecule has 3 rings (SSSR count). The normalized spacial score (nSPS) is 10.5. The number of amides is 1. The molecule has 5 nitrogen and oxygen atoms in total. The van der Waals surface area contributed by atoms with Crippen molar-refractivity contribution in [3.63, 3.8) is 0 Å². The molecule has 0 bridgehead atoms. The number of halogens is 1. The van der Waals surface area contributed by atoms with Crippen molar-refractivity contribution in [1.29, 1.82) is 0 Å². The molecular weight excluding hydrogens is 307 g/mol. The maximum Gasteiger partial charge on any atom is 0.224 e. The Morgan fingerprint density at radius 1 is 1.21 bits per heavy atom. The fourth-order valence-corrected chi connectivity index (χ4v) is 2.42. The zero-order valence-corrected chi connectivity index (χ0v) is 12.9. The molecule has 2 aromatic carbocycles. The molecule has 0 saturated carbocycles. The van der Waals surface area contributed by atoms with Crippen LogP contribution in [0.25, 0.3) is 5.69 Å². The lowest BCUT2D eigenvalue weighted by atomic mass is 10.1. The monoisotopic (exact) mass is 324 g/mol. The number of rotatable bonds is 5. The maximum absolute atomic E-state index is 14.1. The van der Waals surface area contributed by atoms with Gasteiger partial charge in [-0.1, -0.05) is 18.2 Å². The van der Waals surface area contributed by atoms with Crippen molar-refractivity contribution in [2.24, 2.45) is 0 Å². The number of nitrogen functional groups attached to an aromatic ring is 1. The van der Waals surface area contributed by atoms with E-state index in [9.17, 15) is 9.18 Å². The second-order valence-corrected chi connectivity index (χ2v) is 5.36. The molecule has 1 aromatic heterocycles. The largest absolute Gasteiger partial charge is 0.399 e. The highest BCUT2D eigenvalue weighted by Gasteiger charge is 2.09. The van der Waals surface area contributed by atoms with Crippen LogP contribution in [0.2, 0.25) is 0 Å². The first-order valence-electron chi connectivity index (χ1n) is 7.56. The smallest absolute Gasteiger partial charge is 0.224 e. The number of hydrogen-bond acceptors (Lipinski definition) is 3. The van der Waals surface area contributed by atoms with Crippen LogP contribution in [0.1, 0.15) is 12.0 Å². The number of carbonyl (C=O) groups excluding carboxylic acids is 1. The molecule has 1 amide bonds. The SMILES string of the molecule is Nc1ccccc1CCC(=O)Nc1ccc(-n2cccn2)c(F)c1. The molecule has 0 aliphatic heterocycles. The van der Waals surface area contributed by atoms with Gasteiger partial charge in [0, 0.05) is 30.2 Å². The van der Waals surface area contributed by atoms with Crippen molar-refractivity contribution in [1.82, 2.24) is 9.78 Å². The van der Waals surface area contributed by atoms with E-state index in [0.29, 0.717) is 23.5 Å². The molecule has 0 fully saturated rings. The standard InChI is InChI=1S/C18H17FN4O/c19-15-12-14(7-8-17(15)23-11-3-10-21-23)22-18(24)9-6-13-4-1-2-5-16(13)20/h1-5,7-8,10-12H,6,9,20H2,(H,22,24). The third-order valence-electron chi connectivity index (χ3n) is 3.66. The van der Waals surface area contributed by atoms with Gasteiger partial charge < -0.3 is 11.1 Å². The van der Waals surface area contributed by atoms with Gasteiger partial charge in [-0.3, -0.25) is 4.79 Å². The Morgan fingerprint density at radius 2 is 2.04 bits per heavy atom. The summed E-state index contributed by atoms with van der Waals surface area (Å²) in [6.07, 6.45) is 4.04. The van der Waals surface area contributed by atoms with Crippen LogP contribution in [0.15, 0.2) is 60.9 Å². The lowest BCUT2D eigenvalue weighted by Gasteiger charge is -2.09. The van der Waals surface area contributed by atoms with Crippen LogP contribution in [0.4, 0.5) is 15.8 Å². The molecule has 24 heavy (non-hydrogen) atoms. The van der Waals surface area contributed by atoms with Gasteiger partial charge in [-0.2, -0.15) is 5.10 Å². The Hall–Kier alpha value is -3.15. The van der Waals surface area contributed by atoms with E-state index in [2.05, 4.69) is 10.4 Å². The van der Waals surface area contributed by atoms with Gasteiger partial charge in [0.25, 0.3) is 0 Å². The number of nitrogens with two attached hydrogens (primary N) is 1. The van der Waals surface area contributed by atoms with Gasteiger partial charge in [0.2, 0.25) is 5.91 Å². The van der Waals surface area contributed by atoms with Gasteiger partial charge in [-0.15, -0.1) is 0 Å². The maximum atomic E-state index is 14.1. The quantitative estimate of drug-likeness (QED) is 0.708. The van der Waals surface area contributed by atoms with Crippen LogP contribution < -0.4 is 11.1 Å². The lowest BCUT2D eigenvalue weighted by molar-refractivity contribution is -0.116. The minimum absolute atomic E-state index is 0.190. The molecule has 6 heteroatoms. The first kappa shape index (κ1) is 15.7. The summed E-state index contributed by atoms with van der Waals surface area (Å²) in [5.74, 6) is -0.645. The molecule has 0 saturated heterocycles. The van der Waals surface area contributed by atoms with Crippen molar-refractivity contribution in [3.05, 3.63) is 72.3 Å². The summed E-state index contributed by atoms with van der Waals surface area (Å²) >= 11 is 0. The Morgan fingerprint density at radius 3 is 2.75 bits per heavy atom. The van der Waals surface area contributed by atoms with Gasteiger partial charge in [-0.05, 0) is 42.3 Å². The van der Waals surface area contributed by atoms with Crippen molar-refractivity contribution in [3.8, 4) is 5.69 Å². The number of aryl methyl sites for hydroxylation is 1. The Labute approximate surface area is 138 Å². The van der Waals surface area contributed by atoms with E-state index < -0.39 is 5.82 Å². The summed E-state index contributed by atoms with van der Waals surface area (Å²) in [5.41, 5.74) is 8.18. The van der Waals surface area contributed by atoms with Crippen molar-refractivity contribution in [2.45, 2.75) is 12.8 Å². The Bertz CT molecular complexity index is 846. The van der Waals surface area contributed by atoms with Crippen LogP contribution in [0, 0.1) is 5.82 Å². The molecule has 0 aliphatic carbocycles. The summed E-state index contributed by atoms with van der Waals surface area (Å²) < 4.78 is 15.6. The predicted octanol–water partition coefficient (Wildman–Crippen LogP) is 3.16. The molecule has 0 spiro atoms. The first-order valence-corrected chi connectivity index (χ1v) is 7.56. The lowest BCUT2D eigenvalue weighted by Crippen LogP contribution is -2.13. The van der Waals surface area contributed by atoms with Crippen LogP contribution in [0.3, 0.4) is 0 Å². The highest BCUT2D eigenvalue weighted by atomic mass is 19.1. The van der Waals surface area contributed by atoms with Crippen molar-refractivity contribution < 1.29 is 9.18 Å². The van der Waals surface area contributed by atoms with Gasteiger partial charge in [0.1, 0.15) is 5.69 Å². The second kappa shape index (κ2) is 6.95. The summed E-state index contributed by atoms with van der Waals surface area (Å²) in [4.78, 5) is 12.0. The number of carbonyl (C=O) groups is 1. The summed E-state index contributed by atoms with van der Waals surface area (Å²) in [7, 11) is 0. The van der Waals surface area contributed by atoms with Crippen molar-refractivity contribution >= 4 is 17.3 Å². The fourth-order valence-electron chi connectivity index (χ4n) is 2.42. The molecular formula is C18H17FN4O. The van der Waals surface area contributed by atoms with Crippen LogP contribution >= 0.6 is 0 Å². The van der Waals surface area contributed by atoms with Gasteiger partial charge in [0.05, 0.1) is 0 Å². The number of nitrogens with zero attached hydrogens (tertiary/aromatic N) is 2. The van der Waals surface area contributed by atoms with E-state index in [1.54, 1.807) is 36.7 Å². The van der Waals surface area contributed by atoms with Crippen LogP contribution in [0.5, 0.6) is 0 Å². The number of para-hydroxylation sites is 1. The molecule has 1 heterocycles. The number of hydrogen-bond donors (Lipinski definition) is 2. The number of anilines is 2. The van der Waals surface area contributed by atoms with Gasteiger partial charge in [0.15, 0.2) is 5.82 Å². The fraction of sp³-hybridized carbons (Fsp3) is 0.111. The van der Waals surface area contributed by atoms with Crippen molar-refractivity contribution in [2.75, 3.05) is 11.1 Å². The van der Waals surface area contributed by atoms with E-state index in [-0.39, 0.29) is 12.3 Å². The summed E-state index contributed by atoms with van der Waals surface area (Å²) in [6, 6.07) is 13.6. The summed E-state index contributed by atoms with van der Waals surface area (Å²) in [5, 5.41) is 6.68. The topological polar surface area (TPSA) is 72.9 Å². The number of benzene rings is 2. The van der Waals surface area contributed by atoms with Crippen LogP contribution in [-0.2, 0) is 11.2 Å². The van der Waals surface area contributed by atoms with Gasteiger partial charge >= 0.3 is 0 Å². The second-order valence-electron chi connectivity index (χ2n) is 5.36. The molecule has 0 unspecified atom stereocenters. The van der Waals surface area contributed by atoms with Gasteiger partial charge in [-0.25, -0.2) is 9.07 Å². The van der Waals surface area contributed by atoms with E-state index >= 15 is 0 Å². The number of nitrogens with one attached hydrogen (secondary N) is 1. The molecule has 122 valence electrons. The summed E-state index contributed by atoms with van der Waals surface area (Å²) in [6.45, 7) is 0. The minimum atomic E-state index is -0.455. The Balaban J connectivity index is 1.62. The molecule has 0 atom stereocenters. The van der Waals surface area contributed by atoms with E-state index in [1.807, 2.05) is 18.2 Å². The zero-order chi connectivity index (χ0) is 16.9. The molecule has 0 aliphatic rings. The first-order chi connectivity index (χ1) is 11.6. The third-order valence-corrected chi connectivity index (χ3v) is 3.66. The average Bonchev–Trinajstić information content (AvgIpc) is 3.08. The molecule has 3 aromatic rings. The predicted molar refractivity (Wildman–Crippen MR) is 91.3 cm³/mol. The van der Waals surface area contributed by atoms with E-state index in [1.165, 1.54) is 10.7 Å². The molecule has 3 N–H and O–H groups in total. The highest BCUT2D eigenvalue weighted by Crippen LogP contribution is 2.18. The van der Waals surface area contributed by atoms with E-state index in [4.69, 9.17) is 5.73 Å². The number of aromatic nitrogens is 2. The third kappa shape index (κ3) is 3.60. The zero-order valence-electron chi connectivity index (χ0n) is 12.9. The Kier molecular flexibility index (Phi) is 4.56. The van der Waals surface area contributed by atoms with Crippen LogP contribution in [-0.4, -0.2) is 15.7 Å². The average molecular weight is 324 g/mol. The minimum Gasteiger partial charge on any atom is -0.399 e. The van der Waals surface area contributed by atoms with E-state index in [0.717, 1.165) is 5.56 Å². The molecule has 0 radical (unpaired) electrons.